The van der Waals surface area contributed by atoms with Gasteiger partial charge in [0.15, 0.2) is 11.6 Å². The first-order chi connectivity index (χ1) is 11.0. The van der Waals surface area contributed by atoms with Crippen molar-refractivity contribution >= 4 is 0 Å². The molecule has 2 aromatic heterocycles. The van der Waals surface area contributed by atoms with Gasteiger partial charge >= 0.3 is 0 Å². The van der Waals surface area contributed by atoms with Gasteiger partial charge in [-0.25, -0.2) is 8.78 Å². The van der Waals surface area contributed by atoms with Gasteiger partial charge in [-0.2, -0.15) is 0 Å². The van der Waals surface area contributed by atoms with E-state index in [1.165, 1.54) is 24.5 Å². The molecule has 5 nitrogen and oxygen atoms in total. The summed E-state index contributed by atoms with van der Waals surface area (Å²) in [4.78, 5) is 27.6. The summed E-state index contributed by atoms with van der Waals surface area (Å²) in [5.41, 5.74) is 0.254. The van der Waals surface area contributed by atoms with Gasteiger partial charge in [0, 0.05) is 41.7 Å². The molecule has 0 aliphatic heterocycles. The molecule has 0 aliphatic rings. The van der Waals surface area contributed by atoms with E-state index < -0.39 is 17.2 Å². The molecule has 0 fully saturated rings. The van der Waals surface area contributed by atoms with E-state index in [9.17, 15) is 18.4 Å². The lowest BCUT2D eigenvalue weighted by molar-refractivity contribution is 0.438. The van der Waals surface area contributed by atoms with Crippen molar-refractivity contribution in [1.29, 1.82) is 0 Å². The fourth-order valence-electron chi connectivity index (χ4n) is 2.02. The molecule has 0 unspecified atom stereocenters. The number of hydrogen-bond donors (Lipinski definition) is 2. The summed E-state index contributed by atoms with van der Waals surface area (Å²) < 4.78 is 32.1. The SMILES string of the molecule is O=c1ccc(-c2c[nH]c(=O)cc2Oc2ccc(F)cc2F)c[nH]1. The number of H-pyrrole nitrogens is 2. The monoisotopic (exact) mass is 316 g/mol. The smallest absolute Gasteiger partial charge is 0.251 e. The minimum atomic E-state index is -0.891. The zero-order valence-electron chi connectivity index (χ0n) is 11.6. The van der Waals surface area contributed by atoms with Crippen LogP contribution in [0.15, 0.2) is 58.4 Å². The molecule has 0 spiro atoms. The van der Waals surface area contributed by atoms with Crippen LogP contribution in [0.4, 0.5) is 8.78 Å². The fourth-order valence-corrected chi connectivity index (χ4v) is 2.02. The molecule has 3 aromatic rings. The first kappa shape index (κ1) is 14.7. The molecule has 2 N–H and O–H groups in total. The van der Waals surface area contributed by atoms with Gasteiger partial charge < -0.3 is 14.7 Å². The normalized spacial score (nSPS) is 10.5. The van der Waals surface area contributed by atoms with Crippen LogP contribution in [0.3, 0.4) is 0 Å². The molecule has 116 valence electrons. The van der Waals surface area contributed by atoms with E-state index in [4.69, 9.17) is 4.74 Å². The van der Waals surface area contributed by atoms with Crippen molar-refractivity contribution in [1.82, 2.24) is 9.97 Å². The molecule has 0 bridgehead atoms. The van der Waals surface area contributed by atoms with Crippen LogP contribution < -0.4 is 15.9 Å². The maximum absolute atomic E-state index is 13.7. The predicted molar refractivity (Wildman–Crippen MR) is 79.6 cm³/mol. The zero-order chi connectivity index (χ0) is 16.4. The Bertz CT molecular complexity index is 959. The van der Waals surface area contributed by atoms with E-state index in [0.717, 1.165) is 18.2 Å². The average molecular weight is 316 g/mol. The highest BCUT2D eigenvalue weighted by Crippen LogP contribution is 2.32. The van der Waals surface area contributed by atoms with Crippen LogP contribution in [0.5, 0.6) is 11.5 Å². The quantitative estimate of drug-likeness (QED) is 0.780. The predicted octanol–water partition coefficient (Wildman–Crippen LogP) is 2.80. The molecule has 3 rings (SSSR count). The number of pyridine rings is 2. The summed E-state index contributed by atoms with van der Waals surface area (Å²) in [7, 11) is 0. The summed E-state index contributed by atoms with van der Waals surface area (Å²) in [6.45, 7) is 0. The second kappa shape index (κ2) is 5.88. The minimum Gasteiger partial charge on any atom is -0.453 e. The van der Waals surface area contributed by atoms with Crippen molar-refractivity contribution in [3.63, 3.8) is 0 Å². The third-order valence-electron chi connectivity index (χ3n) is 3.10. The largest absolute Gasteiger partial charge is 0.453 e. The number of rotatable bonds is 3. The summed E-state index contributed by atoms with van der Waals surface area (Å²) in [6, 6.07) is 6.84. The van der Waals surface area contributed by atoms with Crippen LogP contribution in [-0.2, 0) is 0 Å². The van der Waals surface area contributed by atoms with Gasteiger partial charge in [0.2, 0.25) is 5.56 Å². The highest BCUT2D eigenvalue weighted by molar-refractivity contribution is 5.68. The number of halogens is 2. The van der Waals surface area contributed by atoms with Crippen LogP contribution in [0.25, 0.3) is 11.1 Å². The number of aromatic nitrogens is 2. The Morgan fingerprint density at radius 2 is 1.61 bits per heavy atom. The third-order valence-corrected chi connectivity index (χ3v) is 3.10. The van der Waals surface area contributed by atoms with Gasteiger partial charge in [0.25, 0.3) is 5.56 Å². The summed E-state index contributed by atoms with van der Waals surface area (Å²) >= 11 is 0. The van der Waals surface area contributed by atoms with E-state index in [2.05, 4.69) is 9.97 Å². The number of ether oxygens (including phenoxy) is 1. The molecule has 0 atom stereocenters. The maximum atomic E-state index is 13.7. The van der Waals surface area contributed by atoms with Gasteiger partial charge in [-0.15, -0.1) is 0 Å². The Kier molecular flexibility index (Phi) is 3.76. The van der Waals surface area contributed by atoms with E-state index in [-0.39, 0.29) is 17.1 Å². The number of aromatic amines is 2. The molecular weight excluding hydrogens is 306 g/mol. The van der Waals surface area contributed by atoms with Crippen molar-refractivity contribution in [2.45, 2.75) is 0 Å². The van der Waals surface area contributed by atoms with Crippen molar-refractivity contribution in [3.05, 3.63) is 81.1 Å². The van der Waals surface area contributed by atoms with E-state index in [1.54, 1.807) is 0 Å². The lowest BCUT2D eigenvalue weighted by atomic mass is 10.1. The Hall–Kier alpha value is -3.22. The van der Waals surface area contributed by atoms with Crippen LogP contribution in [0.2, 0.25) is 0 Å². The van der Waals surface area contributed by atoms with Crippen LogP contribution in [-0.4, -0.2) is 9.97 Å². The molecule has 23 heavy (non-hydrogen) atoms. The maximum Gasteiger partial charge on any atom is 0.251 e. The van der Waals surface area contributed by atoms with Crippen molar-refractivity contribution < 1.29 is 13.5 Å². The third kappa shape index (κ3) is 3.18. The van der Waals surface area contributed by atoms with Gasteiger partial charge in [0.1, 0.15) is 11.6 Å². The lowest BCUT2D eigenvalue weighted by Gasteiger charge is -2.11. The van der Waals surface area contributed by atoms with Gasteiger partial charge in [0.05, 0.1) is 0 Å². The Morgan fingerprint density at radius 3 is 2.30 bits per heavy atom. The van der Waals surface area contributed by atoms with E-state index >= 15 is 0 Å². The molecule has 2 heterocycles. The second-order valence-electron chi connectivity index (χ2n) is 4.69. The summed E-state index contributed by atoms with van der Waals surface area (Å²) in [5.74, 6) is -1.77. The lowest BCUT2D eigenvalue weighted by Crippen LogP contribution is -2.06. The highest BCUT2D eigenvalue weighted by Gasteiger charge is 2.12. The topological polar surface area (TPSA) is 74.9 Å². The molecular formula is C16H10F2N2O3. The number of benzene rings is 1. The van der Waals surface area contributed by atoms with Gasteiger partial charge in [-0.1, -0.05) is 0 Å². The first-order valence-electron chi connectivity index (χ1n) is 6.58. The van der Waals surface area contributed by atoms with Crippen molar-refractivity contribution in [3.8, 4) is 22.6 Å². The molecule has 0 aliphatic carbocycles. The molecule has 0 radical (unpaired) electrons. The van der Waals surface area contributed by atoms with Crippen LogP contribution in [0.1, 0.15) is 0 Å². The molecule has 0 saturated carbocycles. The van der Waals surface area contributed by atoms with E-state index in [1.807, 2.05) is 0 Å². The van der Waals surface area contributed by atoms with Crippen LogP contribution >= 0.6 is 0 Å². The Balaban J connectivity index is 2.07. The standard InChI is InChI=1S/C16H10F2N2O3/c17-10-2-3-13(12(18)5-10)23-14-6-16(22)20-8-11(14)9-1-4-15(21)19-7-9/h1-8H,(H,19,21)(H,20,22). The molecule has 0 saturated heterocycles. The van der Waals surface area contributed by atoms with E-state index in [0.29, 0.717) is 17.2 Å². The number of hydrogen-bond acceptors (Lipinski definition) is 3. The average Bonchev–Trinajstić information content (AvgIpc) is 2.51. The minimum absolute atomic E-state index is 0.0753. The van der Waals surface area contributed by atoms with Crippen molar-refractivity contribution in [2.75, 3.05) is 0 Å². The van der Waals surface area contributed by atoms with Gasteiger partial charge in [-0.05, 0) is 18.2 Å². The number of nitrogens with one attached hydrogen (secondary N) is 2. The van der Waals surface area contributed by atoms with Crippen molar-refractivity contribution in [2.24, 2.45) is 0 Å². The molecule has 7 heteroatoms. The molecule has 1 aromatic carbocycles. The fraction of sp³-hybridized carbons (Fsp3) is 0. The van der Waals surface area contributed by atoms with Gasteiger partial charge in [-0.3, -0.25) is 9.59 Å². The summed E-state index contributed by atoms with van der Waals surface area (Å²) in [6.07, 6.45) is 2.82. The highest BCUT2D eigenvalue weighted by atomic mass is 19.1. The first-order valence-corrected chi connectivity index (χ1v) is 6.58. The second-order valence-corrected chi connectivity index (χ2v) is 4.69. The molecule has 0 amide bonds. The Morgan fingerprint density at radius 1 is 0.826 bits per heavy atom. The zero-order valence-corrected chi connectivity index (χ0v) is 11.6. The van der Waals surface area contributed by atoms with Crippen LogP contribution in [0, 0.1) is 11.6 Å². The Labute approximate surface area is 128 Å². The summed E-state index contributed by atoms with van der Waals surface area (Å²) in [5, 5.41) is 0.